The van der Waals surface area contributed by atoms with Crippen LogP contribution in [0.4, 0.5) is 13.2 Å². The molecule has 0 saturated carbocycles. The molecule has 0 unspecified atom stereocenters. The maximum atomic E-state index is 12.8. The van der Waals surface area contributed by atoms with E-state index in [-0.39, 0.29) is 10.3 Å². The molecular formula is C13H9ClF3NOS. The molecule has 7 heteroatoms. The van der Waals surface area contributed by atoms with Crippen LogP contribution in [-0.2, 0) is 6.18 Å². The van der Waals surface area contributed by atoms with Crippen molar-refractivity contribution >= 4 is 23.8 Å². The highest BCUT2D eigenvalue weighted by molar-refractivity contribution is 7.71. The molecule has 0 spiro atoms. The summed E-state index contributed by atoms with van der Waals surface area (Å²) >= 11 is 10.7. The van der Waals surface area contributed by atoms with E-state index in [1.54, 1.807) is 18.2 Å². The lowest BCUT2D eigenvalue weighted by Crippen LogP contribution is -2.05. The fourth-order valence-corrected chi connectivity index (χ4v) is 2.12. The monoisotopic (exact) mass is 319 g/mol. The van der Waals surface area contributed by atoms with Gasteiger partial charge in [0.15, 0.2) is 0 Å². The van der Waals surface area contributed by atoms with Crippen molar-refractivity contribution in [1.82, 2.24) is 4.98 Å². The van der Waals surface area contributed by atoms with Gasteiger partial charge in [-0.25, -0.2) is 0 Å². The number of methoxy groups -OCH3 is 1. The Morgan fingerprint density at radius 3 is 2.50 bits per heavy atom. The van der Waals surface area contributed by atoms with Crippen LogP contribution in [0.2, 0.25) is 5.02 Å². The normalized spacial score (nSPS) is 11.4. The molecule has 1 aromatic heterocycles. The van der Waals surface area contributed by atoms with Crippen molar-refractivity contribution in [3.05, 3.63) is 45.6 Å². The number of ether oxygens (including phenoxy) is 1. The molecule has 0 aliphatic carbocycles. The Hall–Kier alpha value is -1.53. The van der Waals surface area contributed by atoms with Gasteiger partial charge < -0.3 is 9.72 Å². The molecule has 2 nitrogen and oxygen atoms in total. The van der Waals surface area contributed by atoms with Crippen molar-refractivity contribution in [3.63, 3.8) is 0 Å². The zero-order valence-electron chi connectivity index (χ0n) is 10.2. The molecule has 0 bridgehead atoms. The number of hydrogen-bond acceptors (Lipinski definition) is 2. The maximum Gasteiger partial charge on any atom is 0.416 e. The summed E-state index contributed by atoms with van der Waals surface area (Å²) in [6.45, 7) is 0. The second-order valence-electron chi connectivity index (χ2n) is 3.99. The third kappa shape index (κ3) is 3.13. The van der Waals surface area contributed by atoms with E-state index in [1.807, 2.05) is 0 Å². The van der Waals surface area contributed by atoms with Gasteiger partial charge in [-0.15, -0.1) is 0 Å². The van der Waals surface area contributed by atoms with Crippen LogP contribution in [0.25, 0.3) is 11.3 Å². The number of rotatable bonds is 2. The highest BCUT2D eigenvalue weighted by atomic mass is 35.5. The zero-order valence-corrected chi connectivity index (χ0v) is 11.8. The number of nitrogens with one attached hydrogen (secondary N) is 1. The SMILES string of the molecule is COc1cc(-c2cc(C(F)(F)F)cc(=S)[nH]2)ccc1Cl. The maximum absolute atomic E-state index is 12.8. The highest BCUT2D eigenvalue weighted by Crippen LogP contribution is 2.33. The van der Waals surface area contributed by atoms with Gasteiger partial charge >= 0.3 is 6.18 Å². The number of aromatic amines is 1. The van der Waals surface area contributed by atoms with E-state index in [4.69, 9.17) is 28.6 Å². The molecule has 2 aromatic rings. The van der Waals surface area contributed by atoms with Gasteiger partial charge in [-0.05, 0) is 24.3 Å². The van der Waals surface area contributed by atoms with Gasteiger partial charge in [0.25, 0.3) is 0 Å². The summed E-state index contributed by atoms with van der Waals surface area (Å²) in [5.41, 5.74) is -0.0478. The van der Waals surface area contributed by atoms with Crippen molar-refractivity contribution in [2.75, 3.05) is 7.11 Å². The number of pyridine rings is 1. The summed E-state index contributed by atoms with van der Waals surface area (Å²) in [5, 5.41) is 0.377. The Morgan fingerprint density at radius 1 is 1.20 bits per heavy atom. The molecule has 20 heavy (non-hydrogen) atoms. The van der Waals surface area contributed by atoms with Crippen molar-refractivity contribution in [1.29, 1.82) is 0 Å². The summed E-state index contributed by atoms with van der Waals surface area (Å²) in [4.78, 5) is 2.72. The van der Waals surface area contributed by atoms with E-state index in [9.17, 15) is 13.2 Å². The largest absolute Gasteiger partial charge is 0.495 e. The minimum atomic E-state index is -4.45. The van der Waals surface area contributed by atoms with Crippen LogP contribution in [-0.4, -0.2) is 12.1 Å². The molecule has 1 aromatic carbocycles. The average Bonchev–Trinajstić information content (AvgIpc) is 2.37. The van der Waals surface area contributed by atoms with Crippen molar-refractivity contribution < 1.29 is 17.9 Å². The molecule has 0 aliphatic rings. The summed E-state index contributed by atoms with van der Waals surface area (Å²) in [6.07, 6.45) is -4.45. The standard InChI is InChI=1S/C13H9ClF3NOS/c1-19-11-4-7(2-3-9(11)14)10-5-8(13(15,16)17)6-12(20)18-10/h2-6H,1H3,(H,18,20). The second kappa shape index (κ2) is 5.46. The molecule has 0 amide bonds. The number of hydrogen-bond donors (Lipinski definition) is 1. The van der Waals surface area contributed by atoms with Crippen LogP contribution < -0.4 is 4.74 Å². The van der Waals surface area contributed by atoms with Gasteiger partial charge in [0, 0.05) is 11.3 Å². The second-order valence-corrected chi connectivity index (χ2v) is 4.84. The van der Waals surface area contributed by atoms with Crippen LogP contribution in [0.5, 0.6) is 5.75 Å². The zero-order chi connectivity index (χ0) is 14.9. The Labute approximate surface area is 123 Å². The molecule has 0 fully saturated rings. The molecule has 106 valence electrons. The number of halogens is 4. The smallest absolute Gasteiger partial charge is 0.416 e. The van der Waals surface area contributed by atoms with Crippen LogP contribution in [0.15, 0.2) is 30.3 Å². The predicted molar refractivity (Wildman–Crippen MR) is 73.6 cm³/mol. The topological polar surface area (TPSA) is 25.0 Å². The lowest BCUT2D eigenvalue weighted by Gasteiger charge is -2.10. The fourth-order valence-electron chi connectivity index (χ4n) is 1.69. The van der Waals surface area contributed by atoms with E-state index in [0.717, 1.165) is 12.1 Å². The lowest BCUT2D eigenvalue weighted by molar-refractivity contribution is -0.137. The predicted octanol–water partition coefficient (Wildman–Crippen LogP) is 5.09. The third-order valence-corrected chi connectivity index (χ3v) is 3.17. The van der Waals surface area contributed by atoms with Gasteiger partial charge in [-0.2, -0.15) is 13.2 Å². The van der Waals surface area contributed by atoms with Gasteiger partial charge in [0.1, 0.15) is 10.4 Å². The molecular weight excluding hydrogens is 311 g/mol. The first-order valence-electron chi connectivity index (χ1n) is 5.47. The minimum Gasteiger partial charge on any atom is -0.495 e. The minimum absolute atomic E-state index is 0.00346. The average molecular weight is 320 g/mol. The summed E-state index contributed by atoms with van der Waals surface area (Å²) in [5.74, 6) is 0.376. The summed E-state index contributed by atoms with van der Waals surface area (Å²) in [6, 6.07) is 6.56. The Morgan fingerprint density at radius 2 is 1.90 bits per heavy atom. The van der Waals surface area contributed by atoms with E-state index in [0.29, 0.717) is 16.3 Å². The molecule has 0 radical (unpaired) electrons. The molecule has 2 rings (SSSR count). The fraction of sp³-hybridized carbons (Fsp3) is 0.154. The van der Waals surface area contributed by atoms with Gasteiger partial charge in [0.2, 0.25) is 0 Å². The molecule has 0 aliphatic heterocycles. The molecule has 0 atom stereocenters. The Balaban J connectivity index is 2.58. The molecule has 0 saturated heterocycles. The van der Waals surface area contributed by atoms with Crippen molar-refractivity contribution in [2.24, 2.45) is 0 Å². The number of alkyl halides is 3. The van der Waals surface area contributed by atoms with Crippen LogP contribution >= 0.6 is 23.8 Å². The highest BCUT2D eigenvalue weighted by Gasteiger charge is 2.31. The van der Waals surface area contributed by atoms with E-state index in [2.05, 4.69) is 4.98 Å². The first kappa shape index (κ1) is 14.9. The van der Waals surface area contributed by atoms with Crippen LogP contribution in [0.1, 0.15) is 5.56 Å². The molecule has 1 N–H and O–H groups in total. The van der Waals surface area contributed by atoms with Gasteiger partial charge in [0.05, 0.1) is 17.7 Å². The van der Waals surface area contributed by atoms with E-state index < -0.39 is 11.7 Å². The van der Waals surface area contributed by atoms with Gasteiger partial charge in [-0.3, -0.25) is 0 Å². The lowest BCUT2D eigenvalue weighted by atomic mass is 10.1. The third-order valence-electron chi connectivity index (χ3n) is 2.63. The number of benzene rings is 1. The van der Waals surface area contributed by atoms with Crippen molar-refractivity contribution in [3.8, 4) is 17.0 Å². The van der Waals surface area contributed by atoms with Crippen molar-refractivity contribution in [2.45, 2.75) is 6.18 Å². The Kier molecular flexibility index (Phi) is 4.06. The first-order valence-corrected chi connectivity index (χ1v) is 6.25. The first-order chi connectivity index (χ1) is 9.31. The van der Waals surface area contributed by atoms with Gasteiger partial charge in [-0.1, -0.05) is 29.9 Å². The summed E-state index contributed by atoms with van der Waals surface area (Å²) < 4.78 is 43.3. The van der Waals surface area contributed by atoms with Crippen LogP contribution in [0, 0.1) is 4.64 Å². The summed E-state index contributed by atoms with van der Waals surface area (Å²) in [7, 11) is 1.43. The van der Waals surface area contributed by atoms with E-state index >= 15 is 0 Å². The molecule has 1 heterocycles. The Bertz CT molecular complexity index is 697. The van der Waals surface area contributed by atoms with Crippen LogP contribution in [0.3, 0.4) is 0 Å². The number of H-pyrrole nitrogens is 1. The number of aromatic nitrogens is 1. The quantitative estimate of drug-likeness (QED) is 0.780. The van der Waals surface area contributed by atoms with E-state index in [1.165, 1.54) is 7.11 Å².